The van der Waals surface area contributed by atoms with E-state index in [9.17, 15) is 14.4 Å². The normalized spacial score (nSPS) is 28.0. The molecule has 1 N–H and O–H groups in total. The molecule has 6 nitrogen and oxygen atoms in total. The predicted molar refractivity (Wildman–Crippen MR) is 104 cm³/mol. The number of hydrazine groups is 1. The maximum absolute atomic E-state index is 12.9. The second-order valence-corrected chi connectivity index (χ2v) is 8.59. The lowest BCUT2D eigenvalue weighted by molar-refractivity contribution is -0.143. The topological polar surface area (TPSA) is 79.4 Å². The van der Waals surface area contributed by atoms with Gasteiger partial charge in [0, 0.05) is 5.56 Å². The molecule has 3 amide bonds. The average Bonchev–Trinajstić information content (AvgIpc) is 3.24. The third kappa shape index (κ3) is 2.53. The van der Waals surface area contributed by atoms with Crippen molar-refractivity contribution in [2.45, 2.75) is 19.8 Å². The predicted octanol–water partition coefficient (Wildman–Crippen LogP) is 2.96. The molecule has 0 radical (unpaired) electrons. The molecule has 2 heterocycles. The lowest BCUT2D eigenvalue weighted by atomic mass is 9.63. The molecule has 1 aromatic heterocycles. The number of benzene rings is 1. The Balaban J connectivity index is 1.39. The maximum atomic E-state index is 12.9. The molecule has 2 fully saturated rings. The number of carbonyl (C=O) groups is 3. The van der Waals surface area contributed by atoms with Crippen molar-refractivity contribution in [1.29, 1.82) is 0 Å². The highest BCUT2D eigenvalue weighted by molar-refractivity contribution is 7.17. The van der Waals surface area contributed by atoms with Crippen molar-refractivity contribution in [3.8, 4) is 10.6 Å². The molecular weight excluding hydrogens is 374 g/mol. The van der Waals surface area contributed by atoms with Crippen LogP contribution in [0.2, 0.25) is 0 Å². The first-order valence-corrected chi connectivity index (χ1v) is 10.3. The van der Waals surface area contributed by atoms with Gasteiger partial charge in [0.1, 0.15) is 9.88 Å². The molecule has 1 saturated heterocycles. The van der Waals surface area contributed by atoms with Gasteiger partial charge in [-0.1, -0.05) is 42.5 Å². The van der Waals surface area contributed by atoms with Gasteiger partial charge in [-0.15, -0.1) is 11.3 Å². The van der Waals surface area contributed by atoms with Crippen LogP contribution in [0.5, 0.6) is 0 Å². The number of fused-ring (bicyclic) bond motifs is 1. The Kier molecular flexibility index (Phi) is 3.94. The molecule has 2 bridgehead atoms. The summed E-state index contributed by atoms with van der Waals surface area (Å²) in [7, 11) is 0. The summed E-state index contributed by atoms with van der Waals surface area (Å²) >= 11 is 1.26. The van der Waals surface area contributed by atoms with Gasteiger partial charge in [0.15, 0.2) is 0 Å². The van der Waals surface area contributed by atoms with Crippen molar-refractivity contribution in [3.63, 3.8) is 0 Å². The summed E-state index contributed by atoms with van der Waals surface area (Å²) in [6, 6.07) is 9.61. The minimum Gasteiger partial charge on any atom is -0.272 e. The van der Waals surface area contributed by atoms with Gasteiger partial charge in [0.2, 0.25) is 0 Å². The Morgan fingerprint density at radius 3 is 2.25 bits per heavy atom. The van der Waals surface area contributed by atoms with E-state index < -0.39 is 5.91 Å². The van der Waals surface area contributed by atoms with Gasteiger partial charge in [-0.2, -0.15) is 5.01 Å². The lowest BCUT2D eigenvalue weighted by Crippen LogP contribution is -2.46. The van der Waals surface area contributed by atoms with E-state index in [1.54, 1.807) is 6.92 Å². The quantitative estimate of drug-likeness (QED) is 0.642. The molecule has 142 valence electrons. The largest absolute Gasteiger partial charge is 0.282 e. The average molecular weight is 393 g/mol. The molecule has 2 aromatic rings. The molecule has 28 heavy (non-hydrogen) atoms. The van der Waals surface area contributed by atoms with Crippen molar-refractivity contribution in [3.05, 3.63) is 53.1 Å². The third-order valence-corrected chi connectivity index (χ3v) is 7.20. The minimum atomic E-state index is -0.460. The van der Waals surface area contributed by atoms with E-state index in [-0.39, 0.29) is 35.5 Å². The van der Waals surface area contributed by atoms with Crippen LogP contribution in [0.4, 0.5) is 0 Å². The fraction of sp³-hybridized carbons (Fsp3) is 0.333. The van der Waals surface area contributed by atoms with Crippen LogP contribution in [0.15, 0.2) is 42.5 Å². The first kappa shape index (κ1) is 17.3. The summed E-state index contributed by atoms with van der Waals surface area (Å²) in [4.78, 5) is 43.5. The van der Waals surface area contributed by atoms with Gasteiger partial charge >= 0.3 is 0 Å². The third-order valence-electron chi connectivity index (χ3n) is 6.00. The monoisotopic (exact) mass is 393 g/mol. The van der Waals surface area contributed by atoms with E-state index in [0.717, 1.165) is 28.4 Å². The van der Waals surface area contributed by atoms with Crippen molar-refractivity contribution >= 4 is 29.1 Å². The van der Waals surface area contributed by atoms with Gasteiger partial charge in [-0.3, -0.25) is 19.8 Å². The van der Waals surface area contributed by atoms with Gasteiger partial charge < -0.3 is 0 Å². The van der Waals surface area contributed by atoms with E-state index in [4.69, 9.17) is 0 Å². The number of nitrogens with one attached hydrogen (secondary N) is 1. The first-order chi connectivity index (χ1) is 13.5. The van der Waals surface area contributed by atoms with Crippen molar-refractivity contribution in [2.24, 2.45) is 23.7 Å². The summed E-state index contributed by atoms with van der Waals surface area (Å²) < 4.78 is 0. The molecule has 7 heteroatoms. The van der Waals surface area contributed by atoms with E-state index in [0.29, 0.717) is 10.6 Å². The zero-order chi connectivity index (χ0) is 19.4. The molecule has 4 atom stereocenters. The van der Waals surface area contributed by atoms with Gasteiger partial charge in [-0.05, 0) is 31.6 Å². The molecule has 4 aliphatic rings. The standard InChI is InChI=1S/C21H19N3O3S/c1-11-17(28-19(22-11)14-5-3-2-4-6-14)18(25)23-24-20(26)15-12-7-8-13(10-9-12)16(15)21(24)27/h2-8,12-13,15-16H,9-10H2,1H3,(H,23,25). The van der Waals surface area contributed by atoms with Crippen LogP contribution in [0.1, 0.15) is 28.2 Å². The summed E-state index contributed by atoms with van der Waals surface area (Å²) in [5.74, 6) is -1.50. The second kappa shape index (κ2) is 6.38. The zero-order valence-electron chi connectivity index (χ0n) is 15.3. The number of nitrogens with zero attached hydrogens (tertiary/aromatic N) is 2. The number of imide groups is 1. The molecule has 1 aliphatic heterocycles. The number of hydrogen-bond donors (Lipinski definition) is 1. The van der Waals surface area contributed by atoms with E-state index >= 15 is 0 Å². The Bertz CT molecular complexity index is 981. The molecule has 3 aliphatic carbocycles. The van der Waals surface area contributed by atoms with Gasteiger partial charge in [0.05, 0.1) is 17.5 Å². The van der Waals surface area contributed by atoms with Gasteiger partial charge in [-0.25, -0.2) is 4.98 Å². The number of hydrogen-bond acceptors (Lipinski definition) is 5. The fourth-order valence-corrected chi connectivity index (χ4v) is 5.61. The number of aromatic nitrogens is 1. The highest BCUT2D eigenvalue weighted by atomic mass is 32.1. The summed E-state index contributed by atoms with van der Waals surface area (Å²) in [6.45, 7) is 1.76. The van der Waals surface area contributed by atoms with Crippen LogP contribution in [-0.4, -0.2) is 27.7 Å². The fourth-order valence-electron chi connectivity index (χ4n) is 4.65. The summed E-state index contributed by atoms with van der Waals surface area (Å²) in [6.07, 6.45) is 5.98. The first-order valence-electron chi connectivity index (χ1n) is 9.44. The Morgan fingerprint density at radius 1 is 1.07 bits per heavy atom. The zero-order valence-corrected chi connectivity index (χ0v) is 16.1. The van der Waals surface area contributed by atoms with Crippen LogP contribution in [-0.2, 0) is 9.59 Å². The highest BCUT2D eigenvalue weighted by Gasteiger charge is 2.57. The number of allylic oxidation sites excluding steroid dienone is 2. The van der Waals surface area contributed by atoms with Crippen LogP contribution < -0.4 is 5.43 Å². The summed E-state index contributed by atoms with van der Waals surface area (Å²) in [5, 5.41) is 1.69. The molecule has 4 unspecified atom stereocenters. The van der Waals surface area contributed by atoms with Gasteiger partial charge in [0.25, 0.3) is 17.7 Å². The number of rotatable bonds is 3. The van der Waals surface area contributed by atoms with Crippen LogP contribution in [0.25, 0.3) is 10.6 Å². The Morgan fingerprint density at radius 2 is 1.68 bits per heavy atom. The molecule has 1 aromatic carbocycles. The Labute approximate surface area is 166 Å². The van der Waals surface area contributed by atoms with E-state index in [2.05, 4.69) is 22.6 Å². The molecular formula is C21H19N3O3S. The summed E-state index contributed by atoms with van der Waals surface area (Å²) in [5.41, 5.74) is 4.07. The van der Waals surface area contributed by atoms with Crippen LogP contribution in [0, 0.1) is 30.6 Å². The second-order valence-electron chi connectivity index (χ2n) is 7.59. The van der Waals surface area contributed by atoms with E-state index in [1.807, 2.05) is 30.3 Å². The molecule has 6 rings (SSSR count). The highest BCUT2D eigenvalue weighted by Crippen LogP contribution is 2.49. The number of amides is 3. The number of thiazole rings is 1. The Hall–Kier alpha value is -2.80. The van der Waals surface area contributed by atoms with Crippen LogP contribution in [0.3, 0.4) is 0 Å². The lowest BCUT2D eigenvalue weighted by Gasteiger charge is -2.37. The maximum Gasteiger partial charge on any atom is 0.282 e. The van der Waals surface area contributed by atoms with Crippen molar-refractivity contribution in [2.75, 3.05) is 0 Å². The van der Waals surface area contributed by atoms with Crippen LogP contribution >= 0.6 is 11.3 Å². The smallest absolute Gasteiger partial charge is 0.272 e. The minimum absolute atomic E-state index is 0.100. The van der Waals surface area contributed by atoms with Crippen molar-refractivity contribution < 1.29 is 14.4 Å². The molecule has 0 spiro atoms. The SMILES string of the molecule is Cc1nc(-c2ccccc2)sc1C(=O)NN1C(=O)C2C3C=CC(CC3)C2C1=O. The molecule has 1 saturated carbocycles. The number of aryl methyl sites for hydroxylation is 1. The van der Waals surface area contributed by atoms with E-state index in [1.165, 1.54) is 11.3 Å². The van der Waals surface area contributed by atoms with Crippen molar-refractivity contribution in [1.82, 2.24) is 15.4 Å². The number of carbonyl (C=O) groups excluding carboxylic acids is 3.